The van der Waals surface area contributed by atoms with Crippen LogP contribution in [0, 0.1) is 0 Å². The van der Waals surface area contributed by atoms with Crippen LogP contribution in [-0.4, -0.2) is 35.2 Å². The molecule has 1 fully saturated rings. The fraction of sp³-hybridized carbons (Fsp3) is 0.647. The summed E-state index contributed by atoms with van der Waals surface area (Å²) in [5.74, 6) is 0.405. The molecule has 1 aromatic rings. The Hall–Kier alpha value is -0.870. The van der Waals surface area contributed by atoms with Gasteiger partial charge < -0.3 is 15.3 Å². The van der Waals surface area contributed by atoms with Crippen LogP contribution in [0.15, 0.2) is 18.2 Å². The second-order valence-corrected chi connectivity index (χ2v) is 7.96. The molecule has 1 heterocycles. The summed E-state index contributed by atoms with van der Waals surface area (Å²) in [4.78, 5) is 2.39. The van der Waals surface area contributed by atoms with E-state index in [0.29, 0.717) is 16.2 Å². The molecule has 0 aromatic heterocycles. The van der Waals surface area contributed by atoms with Crippen LogP contribution in [0.1, 0.15) is 45.7 Å². The van der Waals surface area contributed by atoms with Gasteiger partial charge in [0.25, 0.3) is 0 Å². The van der Waals surface area contributed by atoms with Gasteiger partial charge in [0.15, 0.2) is 0 Å². The summed E-state index contributed by atoms with van der Waals surface area (Å²) in [6, 6.07) is 6.33. The maximum atomic E-state index is 10.4. The van der Waals surface area contributed by atoms with E-state index in [4.69, 9.17) is 0 Å². The van der Waals surface area contributed by atoms with Crippen LogP contribution in [0.3, 0.4) is 0 Å². The molecule has 1 aliphatic rings. The van der Waals surface area contributed by atoms with E-state index >= 15 is 0 Å². The quantitative estimate of drug-likeness (QED) is 0.867. The van der Waals surface area contributed by atoms with Crippen molar-refractivity contribution in [1.82, 2.24) is 5.32 Å². The van der Waals surface area contributed by atoms with Gasteiger partial charge in [-0.25, -0.2) is 0 Å². The minimum absolute atomic E-state index is 0.189. The minimum Gasteiger partial charge on any atom is -0.508 e. The minimum atomic E-state index is 0.189. The molecule has 4 heteroatoms. The predicted molar refractivity (Wildman–Crippen MR) is 93.5 cm³/mol. The molecule has 3 nitrogen and oxygen atoms in total. The first-order valence-corrected chi connectivity index (χ1v) is 8.92. The zero-order chi connectivity index (χ0) is 15.4. The number of thioether (sulfide) groups is 1. The largest absolute Gasteiger partial charge is 0.508 e. The van der Waals surface area contributed by atoms with Gasteiger partial charge in [-0.3, -0.25) is 0 Å². The summed E-state index contributed by atoms with van der Waals surface area (Å²) in [6.07, 6.45) is 1.10. The van der Waals surface area contributed by atoms with Gasteiger partial charge in [-0.15, -0.1) is 0 Å². The van der Waals surface area contributed by atoms with Gasteiger partial charge in [0.1, 0.15) is 5.75 Å². The Balaban J connectivity index is 2.11. The molecule has 0 aliphatic carbocycles. The second kappa shape index (κ2) is 7.41. The highest BCUT2D eigenvalue weighted by Gasteiger charge is 2.23. The highest BCUT2D eigenvalue weighted by molar-refractivity contribution is 8.00. The summed E-state index contributed by atoms with van der Waals surface area (Å²) >= 11 is 2.05. The maximum Gasteiger partial charge on any atom is 0.122 e. The molecule has 0 radical (unpaired) electrons. The average Bonchev–Trinajstić information content (AvgIpc) is 2.43. The molecule has 1 aliphatic heterocycles. The summed E-state index contributed by atoms with van der Waals surface area (Å²) in [5, 5.41) is 15.1. The first-order valence-electron chi connectivity index (χ1n) is 7.98. The van der Waals surface area contributed by atoms with Crippen LogP contribution in [0.4, 0.5) is 5.69 Å². The predicted octanol–water partition coefficient (Wildman–Crippen LogP) is 3.78. The monoisotopic (exact) mass is 308 g/mol. The van der Waals surface area contributed by atoms with Gasteiger partial charge in [-0.05, 0) is 26.0 Å². The topological polar surface area (TPSA) is 35.5 Å². The molecule has 118 valence electrons. The SMILES string of the molecule is CCCNC(C)c1ccc(N2CC(C)SC(C)C2)cc1O. The number of anilines is 1. The molecular weight excluding hydrogens is 280 g/mol. The maximum absolute atomic E-state index is 10.4. The first kappa shape index (κ1) is 16.5. The Morgan fingerprint density at radius 1 is 1.33 bits per heavy atom. The molecule has 0 bridgehead atoms. The Morgan fingerprint density at radius 3 is 2.57 bits per heavy atom. The van der Waals surface area contributed by atoms with Crippen LogP contribution in [-0.2, 0) is 0 Å². The normalized spacial score (nSPS) is 24.1. The lowest BCUT2D eigenvalue weighted by molar-refractivity contribution is 0.452. The lowest BCUT2D eigenvalue weighted by atomic mass is 10.1. The zero-order valence-corrected chi connectivity index (χ0v) is 14.4. The van der Waals surface area contributed by atoms with E-state index < -0.39 is 0 Å². The molecule has 3 atom stereocenters. The molecular formula is C17H28N2OS. The summed E-state index contributed by atoms with van der Waals surface area (Å²) in [5.41, 5.74) is 2.12. The molecule has 1 aromatic carbocycles. The number of nitrogens with zero attached hydrogens (tertiary/aromatic N) is 1. The van der Waals surface area contributed by atoms with E-state index in [2.05, 4.69) is 50.0 Å². The third-order valence-corrected chi connectivity index (χ3v) is 5.19. The van der Waals surface area contributed by atoms with Gasteiger partial charge >= 0.3 is 0 Å². The molecule has 2 N–H and O–H groups in total. The number of aromatic hydroxyl groups is 1. The van der Waals surface area contributed by atoms with Crippen molar-refractivity contribution in [3.63, 3.8) is 0 Å². The molecule has 21 heavy (non-hydrogen) atoms. The molecule has 0 spiro atoms. The van der Waals surface area contributed by atoms with Crippen molar-refractivity contribution >= 4 is 17.4 Å². The van der Waals surface area contributed by atoms with Crippen molar-refractivity contribution in [1.29, 1.82) is 0 Å². The summed E-state index contributed by atoms with van der Waals surface area (Å²) in [7, 11) is 0. The standard InChI is InChI=1S/C17H28N2OS/c1-5-8-18-14(4)16-7-6-15(9-17(16)20)19-10-12(2)21-13(3)11-19/h6-7,9,12-14,18,20H,5,8,10-11H2,1-4H3. The number of nitrogens with one attached hydrogen (secondary N) is 1. The fourth-order valence-electron chi connectivity index (χ4n) is 2.95. The highest BCUT2D eigenvalue weighted by Crippen LogP contribution is 2.33. The number of phenols is 1. The lowest BCUT2D eigenvalue weighted by Gasteiger charge is -2.36. The molecule has 1 saturated heterocycles. The van der Waals surface area contributed by atoms with E-state index in [1.54, 1.807) is 0 Å². The van der Waals surface area contributed by atoms with E-state index in [-0.39, 0.29) is 6.04 Å². The average molecular weight is 308 g/mol. The Bertz CT molecular complexity index is 456. The lowest BCUT2D eigenvalue weighted by Crippen LogP contribution is -2.40. The first-order chi connectivity index (χ1) is 10.0. The molecule has 0 saturated carbocycles. The smallest absolute Gasteiger partial charge is 0.122 e. The van der Waals surface area contributed by atoms with Crippen LogP contribution in [0.2, 0.25) is 0 Å². The van der Waals surface area contributed by atoms with Crippen LogP contribution in [0.5, 0.6) is 5.75 Å². The third-order valence-electron chi connectivity index (χ3n) is 3.97. The van der Waals surface area contributed by atoms with Gasteiger partial charge in [-0.1, -0.05) is 26.8 Å². The van der Waals surface area contributed by atoms with E-state index in [9.17, 15) is 5.11 Å². The second-order valence-electron chi connectivity index (χ2n) is 6.08. The van der Waals surface area contributed by atoms with E-state index in [1.165, 1.54) is 0 Å². The fourth-order valence-corrected chi connectivity index (χ4v) is 4.28. The van der Waals surface area contributed by atoms with E-state index in [1.807, 2.05) is 17.8 Å². The van der Waals surface area contributed by atoms with Crippen molar-refractivity contribution < 1.29 is 5.11 Å². The van der Waals surface area contributed by atoms with Gasteiger partial charge in [0, 0.05) is 46.9 Å². The van der Waals surface area contributed by atoms with Crippen molar-refractivity contribution in [3.05, 3.63) is 23.8 Å². The number of rotatable bonds is 5. The molecule has 3 unspecified atom stereocenters. The Labute approximate surface area is 133 Å². The number of phenolic OH excluding ortho intramolecular Hbond substituents is 1. The Kier molecular flexibility index (Phi) is 5.82. The van der Waals surface area contributed by atoms with Crippen LogP contribution in [0.25, 0.3) is 0 Å². The summed E-state index contributed by atoms with van der Waals surface area (Å²) in [6.45, 7) is 11.9. The number of hydrogen-bond acceptors (Lipinski definition) is 4. The van der Waals surface area contributed by atoms with Gasteiger partial charge in [0.2, 0.25) is 0 Å². The highest BCUT2D eigenvalue weighted by atomic mass is 32.2. The van der Waals surface area contributed by atoms with Crippen molar-refractivity contribution in [2.24, 2.45) is 0 Å². The van der Waals surface area contributed by atoms with Crippen molar-refractivity contribution in [2.75, 3.05) is 24.5 Å². The molecule has 0 amide bonds. The van der Waals surface area contributed by atoms with Gasteiger partial charge in [-0.2, -0.15) is 11.8 Å². The third kappa shape index (κ3) is 4.30. The summed E-state index contributed by atoms with van der Waals surface area (Å²) < 4.78 is 0. The van der Waals surface area contributed by atoms with Crippen molar-refractivity contribution in [2.45, 2.75) is 50.7 Å². The van der Waals surface area contributed by atoms with Gasteiger partial charge in [0.05, 0.1) is 0 Å². The zero-order valence-electron chi connectivity index (χ0n) is 13.6. The molecule has 2 rings (SSSR count). The Morgan fingerprint density at radius 2 is 2.00 bits per heavy atom. The van der Waals surface area contributed by atoms with Crippen LogP contribution >= 0.6 is 11.8 Å². The van der Waals surface area contributed by atoms with E-state index in [0.717, 1.165) is 37.3 Å². The van der Waals surface area contributed by atoms with Crippen molar-refractivity contribution in [3.8, 4) is 5.75 Å². The number of hydrogen-bond donors (Lipinski definition) is 2. The van der Waals surface area contributed by atoms with Crippen LogP contribution < -0.4 is 10.2 Å². The number of benzene rings is 1.